The quantitative estimate of drug-likeness (QED) is 0.330. The average Bonchev–Trinajstić information content (AvgIpc) is 3.60. The van der Waals surface area contributed by atoms with Crippen LogP contribution >= 0.6 is 0 Å². The van der Waals surface area contributed by atoms with Crippen LogP contribution in [-0.2, 0) is 4.74 Å². The van der Waals surface area contributed by atoms with Crippen molar-refractivity contribution < 1.29 is 4.74 Å². The van der Waals surface area contributed by atoms with E-state index in [1.54, 1.807) is 0 Å². The molecular weight excluding hydrogens is 534 g/mol. The number of hydrogen-bond donors (Lipinski definition) is 1. The predicted molar refractivity (Wildman–Crippen MR) is 198 cm³/mol. The van der Waals surface area contributed by atoms with Gasteiger partial charge in [0.2, 0.25) is 0 Å². The predicted octanol–water partition coefficient (Wildman–Crippen LogP) is 13.0. The first-order valence-electron chi connectivity index (χ1n) is 20.3. The number of nitrogens with one attached hydrogen (secondary N) is 1. The van der Waals surface area contributed by atoms with Gasteiger partial charge >= 0.3 is 0 Å². The molecule has 0 radical (unpaired) electrons. The highest BCUT2D eigenvalue weighted by atomic mass is 16.5. The largest absolute Gasteiger partial charge is 0.381 e. The van der Waals surface area contributed by atoms with Gasteiger partial charge < -0.3 is 10.1 Å². The monoisotopic (exact) mass is 620 g/mol. The van der Waals surface area contributed by atoms with Gasteiger partial charge in [-0.1, -0.05) is 159 Å². The molecule has 3 saturated carbocycles. The van der Waals surface area contributed by atoms with Crippen LogP contribution in [0.5, 0.6) is 0 Å². The third-order valence-corrected chi connectivity index (χ3v) is 12.1. The standard InChI is InChI=1S/2C9H18.C8H17N.C8H16O.C8H16/c2*1-8(2)9-6-4-3-5-7-9;2*1-7(2)8-3-5-9-6-4-8;1-7(2)8-5-3-4-6-8/h2*8-9H,3-7H2,1-2H3;7-9H,3-6H2,1-2H3;7-8H,3-6H2,1-2H3;7-8H,3-6H2,1-2H3. The molecule has 0 bridgehead atoms. The van der Waals surface area contributed by atoms with E-state index in [4.69, 9.17) is 4.74 Å². The summed E-state index contributed by atoms with van der Waals surface area (Å²) in [5.41, 5.74) is 0. The smallest absolute Gasteiger partial charge is 0.0468 e. The zero-order valence-electron chi connectivity index (χ0n) is 32.2. The lowest BCUT2D eigenvalue weighted by Gasteiger charge is -2.25. The highest BCUT2D eigenvalue weighted by Crippen LogP contribution is 2.31. The van der Waals surface area contributed by atoms with Gasteiger partial charge in [-0.15, -0.1) is 0 Å². The number of hydrogen-bond acceptors (Lipinski definition) is 2. The Bertz CT molecular complexity index is 507. The van der Waals surface area contributed by atoms with Crippen LogP contribution < -0.4 is 5.32 Å². The van der Waals surface area contributed by atoms with Crippen molar-refractivity contribution in [2.75, 3.05) is 26.3 Å². The van der Waals surface area contributed by atoms with Gasteiger partial charge in [-0.2, -0.15) is 0 Å². The first-order chi connectivity index (χ1) is 21.0. The maximum atomic E-state index is 5.25. The van der Waals surface area contributed by atoms with Crippen molar-refractivity contribution in [1.82, 2.24) is 5.32 Å². The summed E-state index contributed by atoms with van der Waals surface area (Å²) < 4.78 is 5.25. The molecule has 2 heteroatoms. The molecule has 44 heavy (non-hydrogen) atoms. The number of rotatable bonds is 5. The topological polar surface area (TPSA) is 21.3 Å². The highest BCUT2D eigenvalue weighted by molar-refractivity contribution is 4.71. The van der Waals surface area contributed by atoms with E-state index in [1.165, 1.54) is 129 Å². The molecule has 1 N–H and O–H groups in total. The van der Waals surface area contributed by atoms with E-state index >= 15 is 0 Å². The van der Waals surface area contributed by atoms with Gasteiger partial charge in [-0.25, -0.2) is 0 Å². The Morgan fingerprint density at radius 3 is 0.818 bits per heavy atom. The fourth-order valence-electron chi connectivity index (χ4n) is 8.12. The Morgan fingerprint density at radius 1 is 0.341 bits per heavy atom. The van der Waals surface area contributed by atoms with Gasteiger partial charge in [0.05, 0.1) is 0 Å². The zero-order valence-corrected chi connectivity index (χ0v) is 32.2. The first-order valence-corrected chi connectivity index (χ1v) is 20.3. The van der Waals surface area contributed by atoms with Crippen LogP contribution in [0.15, 0.2) is 0 Å². The zero-order chi connectivity index (χ0) is 32.7. The lowest BCUT2D eigenvalue weighted by Crippen LogP contribution is -2.29. The minimum absolute atomic E-state index is 0.855. The Balaban J connectivity index is 0.000000275. The third-order valence-electron chi connectivity index (χ3n) is 12.1. The maximum absolute atomic E-state index is 5.25. The third kappa shape index (κ3) is 20.2. The molecule has 0 amide bonds. The molecule has 0 aromatic rings. The second kappa shape index (κ2) is 25.9. The molecule has 2 heterocycles. The molecule has 2 aliphatic heterocycles. The summed E-state index contributed by atoms with van der Waals surface area (Å²) in [6, 6.07) is 0. The molecule has 0 unspecified atom stereocenters. The highest BCUT2D eigenvalue weighted by Gasteiger charge is 2.19. The molecule has 5 fully saturated rings. The van der Waals surface area contributed by atoms with E-state index in [0.717, 1.165) is 72.4 Å². The minimum Gasteiger partial charge on any atom is -0.381 e. The summed E-state index contributed by atoms with van der Waals surface area (Å²) in [4.78, 5) is 0. The van der Waals surface area contributed by atoms with Crippen LogP contribution in [0.1, 0.15) is 185 Å². The van der Waals surface area contributed by atoms with Gasteiger partial charge in [0.15, 0.2) is 0 Å². The number of piperidine rings is 1. The van der Waals surface area contributed by atoms with Crippen molar-refractivity contribution in [3.05, 3.63) is 0 Å². The molecule has 0 aromatic carbocycles. The van der Waals surface area contributed by atoms with Gasteiger partial charge in [-0.05, 0) is 98.0 Å². The summed E-state index contributed by atoms with van der Waals surface area (Å²) in [5.74, 6) is 9.66. The van der Waals surface area contributed by atoms with Crippen molar-refractivity contribution in [3.63, 3.8) is 0 Å². The SMILES string of the molecule is CC(C)C1CCCC1.CC(C)C1CCCCC1.CC(C)C1CCCCC1.CC(C)C1CCNCC1.CC(C)C1CCOCC1. The van der Waals surface area contributed by atoms with E-state index in [0.29, 0.717) is 0 Å². The van der Waals surface area contributed by atoms with Crippen molar-refractivity contribution >= 4 is 0 Å². The van der Waals surface area contributed by atoms with Crippen LogP contribution in [0.25, 0.3) is 0 Å². The molecule has 0 atom stereocenters. The second-order valence-corrected chi connectivity index (χ2v) is 17.1. The van der Waals surface area contributed by atoms with Crippen molar-refractivity contribution in [2.45, 2.75) is 185 Å². The molecule has 3 aliphatic carbocycles. The number of ether oxygens (including phenoxy) is 1. The Morgan fingerprint density at radius 2 is 0.591 bits per heavy atom. The average molecular weight is 620 g/mol. The summed E-state index contributed by atoms with van der Waals surface area (Å²) in [5, 5.41) is 3.37. The molecule has 264 valence electrons. The molecule has 2 nitrogen and oxygen atoms in total. The van der Waals surface area contributed by atoms with Crippen molar-refractivity contribution in [2.24, 2.45) is 59.2 Å². The van der Waals surface area contributed by atoms with Crippen LogP contribution in [0.4, 0.5) is 0 Å². The fourth-order valence-corrected chi connectivity index (χ4v) is 8.12. The van der Waals surface area contributed by atoms with Crippen LogP contribution in [-0.4, -0.2) is 26.3 Å². The van der Waals surface area contributed by atoms with E-state index in [2.05, 4.69) is 74.6 Å². The normalized spacial score (nSPS) is 23.0. The van der Waals surface area contributed by atoms with Gasteiger partial charge in [0, 0.05) is 13.2 Å². The summed E-state index contributed by atoms with van der Waals surface area (Å²) in [6.07, 6.45) is 26.2. The molecule has 0 spiro atoms. The van der Waals surface area contributed by atoms with E-state index in [-0.39, 0.29) is 0 Å². The van der Waals surface area contributed by atoms with Crippen LogP contribution in [0, 0.1) is 59.2 Å². The maximum Gasteiger partial charge on any atom is 0.0468 e. The molecule has 5 rings (SSSR count). The van der Waals surface area contributed by atoms with Crippen molar-refractivity contribution in [3.8, 4) is 0 Å². The van der Waals surface area contributed by atoms with Gasteiger partial charge in [0.1, 0.15) is 0 Å². The molecule has 5 aliphatic rings. The Kier molecular flexibility index (Phi) is 24.7. The van der Waals surface area contributed by atoms with Crippen molar-refractivity contribution in [1.29, 1.82) is 0 Å². The van der Waals surface area contributed by atoms with Crippen LogP contribution in [0.2, 0.25) is 0 Å². The fraction of sp³-hybridized carbons (Fsp3) is 1.00. The Hall–Kier alpha value is -0.0800. The van der Waals surface area contributed by atoms with E-state index < -0.39 is 0 Å². The Labute approximate surface area is 279 Å². The first kappa shape index (κ1) is 41.9. The van der Waals surface area contributed by atoms with Gasteiger partial charge in [0.25, 0.3) is 0 Å². The van der Waals surface area contributed by atoms with E-state index in [9.17, 15) is 0 Å². The molecular formula is C42H85NO. The summed E-state index contributed by atoms with van der Waals surface area (Å²) in [6.45, 7) is 27.8. The second-order valence-electron chi connectivity index (χ2n) is 17.1. The van der Waals surface area contributed by atoms with Crippen LogP contribution in [0.3, 0.4) is 0 Å². The summed E-state index contributed by atoms with van der Waals surface area (Å²) in [7, 11) is 0. The summed E-state index contributed by atoms with van der Waals surface area (Å²) >= 11 is 0. The lowest BCUT2D eigenvalue weighted by atomic mass is 9.82. The molecule has 0 aromatic heterocycles. The van der Waals surface area contributed by atoms with E-state index in [1.807, 2.05) is 0 Å². The minimum atomic E-state index is 0.855. The van der Waals surface area contributed by atoms with Gasteiger partial charge in [-0.3, -0.25) is 0 Å². The lowest BCUT2D eigenvalue weighted by molar-refractivity contribution is 0.0523. The molecule has 2 saturated heterocycles.